The molecule has 3 heteroatoms. The highest BCUT2D eigenvalue weighted by Gasteiger charge is 2.01. The molecule has 0 unspecified atom stereocenters. The highest BCUT2D eigenvalue weighted by atomic mass is 16.5. The zero-order chi connectivity index (χ0) is 12.5. The van der Waals surface area contributed by atoms with Crippen molar-refractivity contribution in [3.63, 3.8) is 0 Å². The topological polar surface area (TPSA) is 21.7 Å². The molecule has 0 saturated carbocycles. The van der Waals surface area contributed by atoms with Gasteiger partial charge in [0.15, 0.2) is 11.5 Å². The first-order valence-electron chi connectivity index (χ1n) is 5.88. The van der Waals surface area contributed by atoms with E-state index in [1.54, 1.807) is 0 Å². The predicted molar refractivity (Wildman–Crippen MR) is 70.8 cm³/mol. The van der Waals surface area contributed by atoms with Gasteiger partial charge in [-0.05, 0) is 33.2 Å². The fourth-order valence-electron chi connectivity index (χ4n) is 1.34. The van der Waals surface area contributed by atoms with Crippen LogP contribution in [0.15, 0.2) is 36.4 Å². The average molecular weight is 235 g/mol. The van der Waals surface area contributed by atoms with Gasteiger partial charge in [-0.1, -0.05) is 24.3 Å². The Hall–Kier alpha value is -1.48. The zero-order valence-corrected chi connectivity index (χ0v) is 10.8. The van der Waals surface area contributed by atoms with Gasteiger partial charge in [-0.2, -0.15) is 0 Å². The van der Waals surface area contributed by atoms with Crippen LogP contribution in [0.3, 0.4) is 0 Å². The molecule has 0 spiro atoms. The Labute approximate surface area is 104 Å². The summed E-state index contributed by atoms with van der Waals surface area (Å²) in [6, 6.07) is 7.73. The van der Waals surface area contributed by atoms with E-state index in [2.05, 4.69) is 11.0 Å². The second kappa shape index (κ2) is 7.74. The Kier molecular flexibility index (Phi) is 6.18. The Balaban J connectivity index is 2.43. The van der Waals surface area contributed by atoms with Crippen LogP contribution in [0.25, 0.3) is 0 Å². The second-order valence-electron chi connectivity index (χ2n) is 3.92. The van der Waals surface area contributed by atoms with Crippen LogP contribution in [0.1, 0.15) is 6.92 Å². The molecule has 0 fully saturated rings. The summed E-state index contributed by atoms with van der Waals surface area (Å²) in [6.45, 7) is 4.11. The van der Waals surface area contributed by atoms with Gasteiger partial charge in [-0.15, -0.1) is 0 Å². The van der Waals surface area contributed by atoms with Crippen LogP contribution < -0.4 is 9.47 Å². The Bertz CT molecular complexity index is 348. The Morgan fingerprint density at radius 3 is 2.29 bits per heavy atom. The molecule has 0 radical (unpaired) electrons. The van der Waals surface area contributed by atoms with Crippen molar-refractivity contribution >= 4 is 0 Å². The maximum atomic E-state index is 5.64. The molecule has 17 heavy (non-hydrogen) atoms. The van der Waals surface area contributed by atoms with Crippen LogP contribution >= 0.6 is 0 Å². The summed E-state index contributed by atoms with van der Waals surface area (Å²) in [6.07, 6.45) is 4.10. The first kappa shape index (κ1) is 13.6. The van der Waals surface area contributed by atoms with Crippen LogP contribution in [0.2, 0.25) is 0 Å². The van der Waals surface area contributed by atoms with Crippen molar-refractivity contribution in [2.24, 2.45) is 0 Å². The third-order valence-corrected chi connectivity index (χ3v) is 2.12. The minimum atomic E-state index is 0.567. The second-order valence-corrected chi connectivity index (χ2v) is 3.92. The number of hydrogen-bond acceptors (Lipinski definition) is 3. The number of ether oxygens (including phenoxy) is 2. The highest BCUT2D eigenvalue weighted by molar-refractivity contribution is 5.39. The van der Waals surface area contributed by atoms with Crippen molar-refractivity contribution < 1.29 is 9.47 Å². The lowest BCUT2D eigenvalue weighted by atomic mass is 10.3. The van der Waals surface area contributed by atoms with E-state index in [0.29, 0.717) is 13.2 Å². The summed E-state index contributed by atoms with van der Waals surface area (Å²) >= 11 is 0. The van der Waals surface area contributed by atoms with Gasteiger partial charge in [0.25, 0.3) is 0 Å². The van der Waals surface area contributed by atoms with Crippen molar-refractivity contribution in [2.75, 3.05) is 33.9 Å². The molecule has 3 nitrogen and oxygen atoms in total. The Morgan fingerprint density at radius 1 is 1.06 bits per heavy atom. The van der Waals surface area contributed by atoms with Crippen molar-refractivity contribution in [3.8, 4) is 11.5 Å². The van der Waals surface area contributed by atoms with E-state index >= 15 is 0 Å². The molecule has 1 rings (SSSR count). The molecule has 0 amide bonds. The molecule has 0 aliphatic carbocycles. The monoisotopic (exact) mass is 235 g/mol. The third-order valence-electron chi connectivity index (χ3n) is 2.12. The summed E-state index contributed by atoms with van der Waals surface area (Å²) < 4.78 is 11.1. The highest BCUT2D eigenvalue weighted by Crippen LogP contribution is 2.26. The van der Waals surface area contributed by atoms with Gasteiger partial charge < -0.3 is 14.4 Å². The largest absolute Gasteiger partial charge is 0.490 e. The third kappa shape index (κ3) is 5.41. The first-order chi connectivity index (χ1) is 8.24. The van der Waals surface area contributed by atoms with Crippen LogP contribution in [-0.4, -0.2) is 38.8 Å². The van der Waals surface area contributed by atoms with Crippen LogP contribution in [-0.2, 0) is 0 Å². The van der Waals surface area contributed by atoms with Gasteiger partial charge in [0.1, 0.15) is 6.61 Å². The number of likely N-dealkylation sites (N-methyl/N-ethyl adjacent to an activating group) is 1. The van der Waals surface area contributed by atoms with Crippen LogP contribution in [0, 0.1) is 0 Å². The molecule has 0 bridgehead atoms. The number of para-hydroxylation sites is 2. The lowest BCUT2D eigenvalue weighted by Crippen LogP contribution is -2.10. The molecular weight excluding hydrogens is 214 g/mol. The SMILES string of the molecule is CCOc1ccccc1OCC=CCN(C)C. The Morgan fingerprint density at radius 2 is 1.71 bits per heavy atom. The molecule has 0 saturated heterocycles. The summed E-state index contributed by atoms with van der Waals surface area (Å²) in [7, 11) is 4.07. The molecule has 0 aliphatic heterocycles. The molecule has 94 valence electrons. The van der Waals surface area contributed by atoms with Crippen molar-refractivity contribution in [2.45, 2.75) is 6.92 Å². The molecular formula is C14H21NO2. The number of hydrogen-bond donors (Lipinski definition) is 0. The van der Waals surface area contributed by atoms with E-state index in [-0.39, 0.29) is 0 Å². The van der Waals surface area contributed by atoms with Crippen molar-refractivity contribution in [3.05, 3.63) is 36.4 Å². The molecule has 0 aromatic heterocycles. The quantitative estimate of drug-likeness (QED) is 0.678. The van der Waals surface area contributed by atoms with Gasteiger partial charge in [-0.3, -0.25) is 0 Å². The minimum Gasteiger partial charge on any atom is -0.490 e. The summed E-state index contributed by atoms with van der Waals surface area (Å²) in [5, 5.41) is 0. The molecule has 0 atom stereocenters. The van der Waals surface area contributed by atoms with E-state index < -0.39 is 0 Å². The lowest BCUT2D eigenvalue weighted by Gasteiger charge is -2.10. The molecule has 1 aromatic carbocycles. The predicted octanol–water partition coefficient (Wildman–Crippen LogP) is 2.58. The molecule has 0 N–H and O–H groups in total. The van der Waals surface area contributed by atoms with Crippen LogP contribution in [0.5, 0.6) is 11.5 Å². The number of benzene rings is 1. The molecule has 0 aliphatic rings. The van der Waals surface area contributed by atoms with Gasteiger partial charge in [0.05, 0.1) is 6.61 Å². The summed E-state index contributed by atoms with van der Waals surface area (Å²) in [5.41, 5.74) is 0. The van der Waals surface area contributed by atoms with Crippen LogP contribution in [0.4, 0.5) is 0 Å². The molecule has 1 aromatic rings. The molecule has 0 heterocycles. The number of rotatable bonds is 7. The lowest BCUT2D eigenvalue weighted by molar-refractivity contribution is 0.296. The van der Waals surface area contributed by atoms with E-state index in [4.69, 9.17) is 9.47 Å². The summed E-state index contributed by atoms with van der Waals surface area (Å²) in [4.78, 5) is 2.10. The van der Waals surface area contributed by atoms with Gasteiger partial charge in [-0.25, -0.2) is 0 Å². The first-order valence-corrected chi connectivity index (χ1v) is 5.88. The smallest absolute Gasteiger partial charge is 0.161 e. The maximum Gasteiger partial charge on any atom is 0.161 e. The van der Waals surface area contributed by atoms with Gasteiger partial charge in [0, 0.05) is 6.54 Å². The fraction of sp³-hybridized carbons (Fsp3) is 0.429. The van der Waals surface area contributed by atoms with Crippen molar-refractivity contribution in [1.29, 1.82) is 0 Å². The minimum absolute atomic E-state index is 0.567. The standard InChI is InChI=1S/C14H21NO2/c1-4-16-13-9-5-6-10-14(13)17-12-8-7-11-15(2)3/h5-10H,4,11-12H2,1-3H3. The summed E-state index contributed by atoms with van der Waals surface area (Å²) in [5.74, 6) is 1.60. The normalized spacial score (nSPS) is 11.1. The van der Waals surface area contributed by atoms with Gasteiger partial charge in [0.2, 0.25) is 0 Å². The van der Waals surface area contributed by atoms with Gasteiger partial charge >= 0.3 is 0 Å². The van der Waals surface area contributed by atoms with E-state index in [9.17, 15) is 0 Å². The average Bonchev–Trinajstić information content (AvgIpc) is 2.31. The number of nitrogens with zero attached hydrogens (tertiary/aromatic N) is 1. The van der Waals surface area contributed by atoms with Crippen molar-refractivity contribution in [1.82, 2.24) is 4.90 Å². The fourth-order valence-corrected chi connectivity index (χ4v) is 1.34. The van der Waals surface area contributed by atoms with E-state index in [1.165, 1.54) is 0 Å². The maximum absolute atomic E-state index is 5.64. The zero-order valence-electron chi connectivity index (χ0n) is 10.8. The van der Waals surface area contributed by atoms with E-state index in [0.717, 1.165) is 18.0 Å². The van der Waals surface area contributed by atoms with E-state index in [1.807, 2.05) is 51.4 Å².